The molecule has 0 unspecified atom stereocenters. The van der Waals surface area contributed by atoms with Crippen molar-refractivity contribution in [3.8, 4) is 0 Å². The van der Waals surface area contributed by atoms with Gasteiger partial charge in [0.05, 0.1) is 19.1 Å². The maximum Gasteiger partial charge on any atom is 0.278 e. The predicted molar refractivity (Wildman–Crippen MR) is 75.6 cm³/mol. The predicted octanol–water partition coefficient (Wildman–Crippen LogP) is 2.66. The van der Waals surface area contributed by atoms with Gasteiger partial charge in [0.15, 0.2) is 0 Å². The van der Waals surface area contributed by atoms with Crippen molar-refractivity contribution in [2.24, 2.45) is 0 Å². The van der Waals surface area contributed by atoms with E-state index in [1.807, 2.05) is 0 Å². The van der Waals surface area contributed by atoms with E-state index in [2.05, 4.69) is 9.97 Å². The molecule has 0 saturated carbocycles. The van der Waals surface area contributed by atoms with Gasteiger partial charge in [-0.1, -0.05) is 0 Å². The molecule has 0 aliphatic carbocycles. The Kier molecular flexibility index (Phi) is 2.44. The van der Waals surface area contributed by atoms with Gasteiger partial charge < -0.3 is 9.40 Å². The topological polar surface area (TPSA) is 63.8 Å². The molecule has 1 N–H and O–H groups in total. The molecular weight excluding hydrogens is 273 g/mol. The minimum atomic E-state index is -0.357. The van der Waals surface area contributed by atoms with Crippen LogP contribution in [0.4, 0.5) is 4.39 Å². The Bertz CT molecular complexity index is 999. The molecule has 21 heavy (non-hydrogen) atoms. The monoisotopic (exact) mass is 283 g/mol. The number of aromatic amines is 1. The van der Waals surface area contributed by atoms with E-state index in [4.69, 9.17) is 4.42 Å². The largest absolute Gasteiger partial charge is 0.467 e. The molecule has 4 rings (SSSR count). The number of nitrogens with zero attached hydrogens (tertiary/aromatic N) is 2. The molecule has 0 aliphatic rings. The van der Waals surface area contributed by atoms with Gasteiger partial charge in [-0.25, -0.2) is 9.37 Å². The normalized spacial score (nSPS) is 11.5. The van der Waals surface area contributed by atoms with E-state index in [0.29, 0.717) is 34.2 Å². The lowest BCUT2D eigenvalue weighted by Gasteiger charge is -2.02. The van der Waals surface area contributed by atoms with E-state index in [-0.39, 0.29) is 11.4 Å². The fraction of sp³-hybridized carbons (Fsp3) is 0.0667. The lowest BCUT2D eigenvalue weighted by molar-refractivity contribution is 0.489. The summed E-state index contributed by atoms with van der Waals surface area (Å²) in [5.41, 5.74) is 1.31. The van der Waals surface area contributed by atoms with E-state index in [1.165, 1.54) is 23.0 Å². The molecule has 6 heteroatoms. The molecule has 0 fully saturated rings. The third-order valence-corrected chi connectivity index (χ3v) is 3.44. The average Bonchev–Trinajstić information content (AvgIpc) is 3.09. The number of hydrogen-bond acceptors (Lipinski definition) is 3. The van der Waals surface area contributed by atoms with Gasteiger partial charge >= 0.3 is 0 Å². The zero-order chi connectivity index (χ0) is 14.4. The summed E-state index contributed by atoms with van der Waals surface area (Å²) in [6, 6.07) is 7.87. The summed E-state index contributed by atoms with van der Waals surface area (Å²) in [6.45, 7) is 0.304. The van der Waals surface area contributed by atoms with Crippen LogP contribution in [-0.4, -0.2) is 14.5 Å². The van der Waals surface area contributed by atoms with E-state index in [0.717, 1.165) is 0 Å². The summed E-state index contributed by atoms with van der Waals surface area (Å²) in [6.07, 6.45) is 3.00. The van der Waals surface area contributed by atoms with Crippen molar-refractivity contribution in [3.05, 3.63) is 64.9 Å². The van der Waals surface area contributed by atoms with Crippen LogP contribution in [-0.2, 0) is 6.54 Å². The second-order valence-corrected chi connectivity index (χ2v) is 4.80. The highest BCUT2D eigenvalue weighted by atomic mass is 19.1. The lowest BCUT2D eigenvalue weighted by atomic mass is 10.2. The minimum Gasteiger partial charge on any atom is -0.467 e. The van der Waals surface area contributed by atoms with E-state index in [1.54, 1.807) is 24.5 Å². The Hall–Kier alpha value is -2.89. The number of rotatable bonds is 2. The van der Waals surface area contributed by atoms with Gasteiger partial charge in [-0.3, -0.25) is 9.36 Å². The highest BCUT2D eigenvalue weighted by Gasteiger charge is 2.12. The van der Waals surface area contributed by atoms with Crippen LogP contribution in [0.2, 0.25) is 0 Å². The molecule has 0 bridgehead atoms. The minimum absolute atomic E-state index is 0.215. The van der Waals surface area contributed by atoms with Gasteiger partial charge in [-0.05, 0) is 30.3 Å². The fourth-order valence-electron chi connectivity index (χ4n) is 2.45. The molecule has 1 aromatic carbocycles. The van der Waals surface area contributed by atoms with Crippen LogP contribution in [0.15, 0.2) is 52.1 Å². The van der Waals surface area contributed by atoms with Crippen molar-refractivity contribution < 1.29 is 8.81 Å². The molecular formula is C15H10FN3O2. The molecule has 5 nitrogen and oxygen atoms in total. The Morgan fingerprint density at radius 2 is 2.24 bits per heavy atom. The molecule has 0 radical (unpaired) electrons. The quantitative estimate of drug-likeness (QED) is 0.615. The Morgan fingerprint density at radius 1 is 1.33 bits per heavy atom. The molecule has 0 spiro atoms. The summed E-state index contributed by atoms with van der Waals surface area (Å²) < 4.78 is 20.0. The first-order valence-corrected chi connectivity index (χ1v) is 6.41. The molecule has 4 aromatic rings. The first-order chi connectivity index (χ1) is 10.2. The van der Waals surface area contributed by atoms with Crippen molar-refractivity contribution >= 4 is 21.9 Å². The first-order valence-electron chi connectivity index (χ1n) is 6.41. The maximum absolute atomic E-state index is 13.3. The average molecular weight is 283 g/mol. The number of aromatic nitrogens is 3. The smallest absolute Gasteiger partial charge is 0.278 e. The highest BCUT2D eigenvalue weighted by molar-refractivity contribution is 6.04. The van der Waals surface area contributed by atoms with Crippen LogP contribution in [0.3, 0.4) is 0 Å². The zero-order valence-electron chi connectivity index (χ0n) is 10.8. The van der Waals surface area contributed by atoms with Gasteiger partial charge in [-0.15, -0.1) is 0 Å². The zero-order valence-corrected chi connectivity index (χ0v) is 10.8. The Morgan fingerprint density at radius 3 is 3.05 bits per heavy atom. The second kappa shape index (κ2) is 4.31. The van der Waals surface area contributed by atoms with Crippen molar-refractivity contribution in [2.45, 2.75) is 6.54 Å². The second-order valence-electron chi connectivity index (χ2n) is 4.80. The summed E-state index contributed by atoms with van der Waals surface area (Å²) in [4.78, 5) is 19.7. The van der Waals surface area contributed by atoms with Crippen molar-refractivity contribution in [1.29, 1.82) is 0 Å². The van der Waals surface area contributed by atoms with Gasteiger partial charge in [0, 0.05) is 10.9 Å². The standard InChI is InChI=1S/C15H10FN3O2/c16-9-3-4-12-11(6-9)13-14(18-12)15(20)19(8-17-13)7-10-2-1-5-21-10/h1-6,8,18H,7H2. The van der Waals surface area contributed by atoms with Crippen molar-refractivity contribution in [3.63, 3.8) is 0 Å². The number of hydrogen-bond donors (Lipinski definition) is 1. The van der Waals surface area contributed by atoms with Crippen LogP contribution >= 0.6 is 0 Å². The van der Waals surface area contributed by atoms with Crippen LogP contribution < -0.4 is 5.56 Å². The highest BCUT2D eigenvalue weighted by Crippen LogP contribution is 2.22. The third kappa shape index (κ3) is 1.84. The van der Waals surface area contributed by atoms with Gasteiger partial charge in [0.2, 0.25) is 0 Å². The van der Waals surface area contributed by atoms with Crippen molar-refractivity contribution in [1.82, 2.24) is 14.5 Å². The third-order valence-electron chi connectivity index (χ3n) is 3.44. The molecule has 0 aliphatic heterocycles. The number of benzene rings is 1. The SMILES string of the molecule is O=c1c2[nH]c3ccc(F)cc3c2ncn1Cc1ccco1. The molecule has 0 atom stereocenters. The summed E-state index contributed by atoms with van der Waals surface area (Å²) in [5, 5.41) is 0.604. The van der Waals surface area contributed by atoms with Gasteiger partial charge in [-0.2, -0.15) is 0 Å². The summed E-state index contributed by atoms with van der Waals surface area (Å²) >= 11 is 0. The fourth-order valence-corrected chi connectivity index (χ4v) is 2.45. The number of nitrogens with one attached hydrogen (secondary N) is 1. The van der Waals surface area contributed by atoms with Gasteiger partial charge in [0.1, 0.15) is 22.6 Å². The van der Waals surface area contributed by atoms with Gasteiger partial charge in [0.25, 0.3) is 5.56 Å². The molecule has 3 heterocycles. The number of H-pyrrole nitrogens is 1. The maximum atomic E-state index is 13.3. The van der Waals surface area contributed by atoms with Crippen LogP contribution in [0, 0.1) is 5.82 Å². The van der Waals surface area contributed by atoms with Crippen LogP contribution in [0.5, 0.6) is 0 Å². The molecule has 3 aromatic heterocycles. The summed E-state index contributed by atoms with van der Waals surface area (Å²) in [7, 11) is 0. The Labute approximate surface area is 117 Å². The Balaban J connectivity index is 1.94. The molecule has 0 saturated heterocycles. The van der Waals surface area contributed by atoms with Crippen molar-refractivity contribution in [2.75, 3.05) is 0 Å². The number of fused-ring (bicyclic) bond motifs is 3. The van der Waals surface area contributed by atoms with Crippen LogP contribution in [0.1, 0.15) is 5.76 Å². The summed E-state index contributed by atoms with van der Waals surface area (Å²) in [5.74, 6) is 0.311. The first kappa shape index (κ1) is 11.9. The van der Waals surface area contributed by atoms with E-state index in [9.17, 15) is 9.18 Å². The number of halogens is 1. The van der Waals surface area contributed by atoms with E-state index < -0.39 is 0 Å². The number of furan rings is 1. The van der Waals surface area contributed by atoms with E-state index >= 15 is 0 Å². The molecule has 0 amide bonds. The van der Waals surface area contributed by atoms with Crippen LogP contribution in [0.25, 0.3) is 21.9 Å². The lowest BCUT2D eigenvalue weighted by Crippen LogP contribution is -2.20. The molecule has 104 valence electrons.